The van der Waals surface area contributed by atoms with E-state index in [1.165, 1.54) is 0 Å². The van der Waals surface area contributed by atoms with Crippen LogP contribution in [0.2, 0.25) is 0 Å². The maximum atomic E-state index is 11.9. The lowest BCUT2D eigenvalue weighted by Gasteiger charge is -2.06. The number of rotatable bonds is 3. The maximum Gasteiger partial charge on any atom is 0.338 e. The van der Waals surface area contributed by atoms with Crippen LogP contribution in [0.5, 0.6) is 0 Å². The Hall–Kier alpha value is -2.62. The van der Waals surface area contributed by atoms with Gasteiger partial charge in [0.05, 0.1) is 12.0 Å². The highest BCUT2D eigenvalue weighted by Crippen LogP contribution is 2.23. The fourth-order valence-corrected chi connectivity index (χ4v) is 2.18. The largest absolute Gasteiger partial charge is 0.457 e. The van der Waals surface area contributed by atoms with Crippen molar-refractivity contribution < 1.29 is 14.3 Å². The first-order valence-corrected chi connectivity index (χ1v) is 6.36. The van der Waals surface area contributed by atoms with Crippen molar-refractivity contribution in [2.45, 2.75) is 13.0 Å². The number of amides is 1. The first kappa shape index (κ1) is 12.4. The molecule has 1 aliphatic rings. The molecule has 0 saturated heterocycles. The molecule has 1 heterocycles. The molecule has 20 heavy (non-hydrogen) atoms. The van der Waals surface area contributed by atoms with Crippen LogP contribution in [-0.4, -0.2) is 11.9 Å². The van der Waals surface area contributed by atoms with Gasteiger partial charge in [-0.1, -0.05) is 36.4 Å². The zero-order chi connectivity index (χ0) is 13.9. The van der Waals surface area contributed by atoms with Crippen LogP contribution in [0.4, 0.5) is 5.69 Å². The fourth-order valence-electron chi connectivity index (χ4n) is 2.18. The minimum atomic E-state index is -0.334. The van der Waals surface area contributed by atoms with E-state index in [4.69, 9.17) is 4.74 Å². The first-order valence-electron chi connectivity index (χ1n) is 6.36. The van der Waals surface area contributed by atoms with Crippen molar-refractivity contribution in [1.29, 1.82) is 0 Å². The van der Waals surface area contributed by atoms with Gasteiger partial charge in [0, 0.05) is 11.3 Å². The van der Waals surface area contributed by atoms with E-state index in [2.05, 4.69) is 5.32 Å². The summed E-state index contributed by atoms with van der Waals surface area (Å²) in [6.45, 7) is 0.312. The number of fused-ring (bicyclic) bond motifs is 1. The summed E-state index contributed by atoms with van der Waals surface area (Å²) < 4.78 is 4.93. The lowest BCUT2D eigenvalue weighted by atomic mass is 10.1. The van der Waals surface area contributed by atoms with E-state index in [0.29, 0.717) is 24.3 Å². The van der Waals surface area contributed by atoms with Crippen LogP contribution in [0, 0.1) is 0 Å². The van der Waals surface area contributed by atoms with Gasteiger partial charge in [-0.3, -0.25) is 4.79 Å². The quantitative estimate of drug-likeness (QED) is 0.869. The van der Waals surface area contributed by atoms with E-state index in [-0.39, 0.29) is 11.9 Å². The molecule has 0 spiro atoms. The van der Waals surface area contributed by atoms with Crippen molar-refractivity contribution in [3.8, 4) is 0 Å². The Labute approximate surface area is 116 Å². The molecule has 3 rings (SSSR count). The standard InChI is InChI=1S/C16H13NO3/c18-15(8-11-4-2-1-3-5-11)17-13-7-6-12-10-20-16(19)14(12)9-13/h1-7,9H,8,10H2,(H,17,18). The van der Waals surface area contributed by atoms with Gasteiger partial charge < -0.3 is 10.1 Å². The Morgan fingerprint density at radius 3 is 2.75 bits per heavy atom. The summed E-state index contributed by atoms with van der Waals surface area (Å²) in [5.74, 6) is -0.443. The Balaban J connectivity index is 1.71. The van der Waals surface area contributed by atoms with E-state index in [9.17, 15) is 9.59 Å². The molecule has 0 aromatic heterocycles. The summed E-state index contributed by atoms with van der Waals surface area (Å²) in [6, 6.07) is 14.8. The molecule has 4 nitrogen and oxygen atoms in total. The number of nitrogens with one attached hydrogen (secondary N) is 1. The van der Waals surface area contributed by atoms with Gasteiger partial charge in [0.25, 0.3) is 0 Å². The minimum absolute atomic E-state index is 0.109. The number of carbonyl (C=O) groups excluding carboxylic acids is 2. The molecule has 2 aromatic carbocycles. The smallest absolute Gasteiger partial charge is 0.338 e. The number of benzene rings is 2. The predicted octanol–water partition coefficient (Wildman–Crippen LogP) is 2.54. The molecule has 0 aliphatic carbocycles. The highest BCUT2D eigenvalue weighted by Gasteiger charge is 2.21. The average molecular weight is 267 g/mol. The summed E-state index contributed by atoms with van der Waals surface area (Å²) in [5.41, 5.74) is 2.95. The van der Waals surface area contributed by atoms with Gasteiger partial charge in [-0.25, -0.2) is 4.79 Å². The number of cyclic esters (lactones) is 1. The van der Waals surface area contributed by atoms with Crippen molar-refractivity contribution in [1.82, 2.24) is 0 Å². The maximum absolute atomic E-state index is 11.9. The molecule has 0 atom stereocenters. The lowest BCUT2D eigenvalue weighted by molar-refractivity contribution is -0.115. The second kappa shape index (κ2) is 5.17. The SMILES string of the molecule is O=C(Cc1ccccc1)Nc1ccc2c(c1)C(=O)OC2. The van der Waals surface area contributed by atoms with Crippen molar-refractivity contribution in [3.05, 3.63) is 65.2 Å². The van der Waals surface area contributed by atoms with E-state index < -0.39 is 0 Å². The monoisotopic (exact) mass is 267 g/mol. The Kier molecular flexibility index (Phi) is 3.21. The molecule has 0 bridgehead atoms. The molecular weight excluding hydrogens is 254 g/mol. The van der Waals surface area contributed by atoms with Crippen LogP contribution in [0.25, 0.3) is 0 Å². The van der Waals surface area contributed by atoms with Gasteiger partial charge in [0.1, 0.15) is 6.61 Å². The van der Waals surface area contributed by atoms with Crippen molar-refractivity contribution in [2.24, 2.45) is 0 Å². The number of esters is 1. The molecular formula is C16H13NO3. The van der Waals surface area contributed by atoms with Gasteiger partial charge in [0.15, 0.2) is 0 Å². The first-order chi connectivity index (χ1) is 9.72. The van der Waals surface area contributed by atoms with Crippen LogP contribution in [0.15, 0.2) is 48.5 Å². The van der Waals surface area contributed by atoms with Crippen molar-refractivity contribution in [2.75, 3.05) is 5.32 Å². The van der Waals surface area contributed by atoms with Gasteiger partial charge in [-0.15, -0.1) is 0 Å². The third-order valence-corrected chi connectivity index (χ3v) is 3.18. The predicted molar refractivity (Wildman–Crippen MR) is 74.3 cm³/mol. The van der Waals surface area contributed by atoms with Gasteiger partial charge >= 0.3 is 5.97 Å². The van der Waals surface area contributed by atoms with E-state index in [1.807, 2.05) is 30.3 Å². The molecule has 0 radical (unpaired) electrons. The minimum Gasteiger partial charge on any atom is -0.457 e. The second-order valence-electron chi connectivity index (χ2n) is 4.66. The van der Waals surface area contributed by atoms with E-state index in [1.54, 1.807) is 18.2 Å². The normalized spacial score (nSPS) is 12.7. The highest BCUT2D eigenvalue weighted by molar-refractivity contribution is 5.97. The second-order valence-corrected chi connectivity index (χ2v) is 4.66. The number of hydrogen-bond acceptors (Lipinski definition) is 3. The van der Waals surface area contributed by atoms with Crippen LogP contribution < -0.4 is 5.32 Å². The third kappa shape index (κ3) is 2.54. The van der Waals surface area contributed by atoms with Crippen LogP contribution in [0.1, 0.15) is 21.5 Å². The summed E-state index contributed by atoms with van der Waals surface area (Å²) in [7, 11) is 0. The van der Waals surface area contributed by atoms with Crippen LogP contribution in [0.3, 0.4) is 0 Å². The lowest BCUT2D eigenvalue weighted by Crippen LogP contribution is -2.14. The highest BCUT2D eigenvalue weighted by atomic mass is 16.5. The Morgan fingerprint density at radius 2 is 1.95 bits per heavy atom. The molecule has 0 saturated carbocycles. The summed E-state index contributed by atoms with van der Waals surface area (Å²) in [4.78, 5) is 23.4. The molecule has 0 unspecified atom stereocenters. The number of hydrogen-bond donors (Lipinski definition) is 1. The van der Waals surface area contributed by atoms with Crippen LogP contribution >= 0.6 is 0 Å². The van der Waals surface area contributed by atoms with Crippen LogP contribution in [-0.2, 0) is 22.6 Å². The van der Waals surface area contributed by atoms with Crippen molar-refractivity contribution >= 4 is 17.6 Å². The molecule has 0 fully saturated rings. The zero-order valence-electron chi connectivity index (χ0n) is 10.8. The van der Waals surface area contributed by atoms with E-state index in [0.717, 1.165) is 11.1 Å². The summed E-state index contributed by atoms with van der Waals surface area (Å²) in [5, 5.41) is 2.79. The molecule has 4 heteroatoms. The number of ether oxygens (including phenoxy) is 1. The Morgan fingerprint density at radius 1 is 1.15 bits per heavy atom. The molecule has 1 amide bonds. The molecule has 2 aromatic rings. The number of carbonyl (C=O) groups is 2. The number of anilines is 1. The zero-order valence-corrected chi connectivity index (χ0v) is 10.8. The van der Waals surface area contributed by atoms with E-state index >= 15 is 0 Å². The van der Waals surface area contributed by atoms with Crippen molar-refractivity contribution in [3.63, 3.8) is 0 Å². The molecule has 1 N–H and O–H groups in total. The fraction of sp³-hybridized carbons (Fsp3) is 0.125. The summed E-state index contributed by atoms with van der Waals surface area (Å²) in [6.07, 6.45) is 0.308. The molecule has 100 valence electrons. The summed E-state index contributed by atoms with van der Waals surface area (Å²) >= 11 is 0. The average Bonchev–Trinajstić information content (AvgIpc) is 2.81. The van der Waals surface area contributed by atoms with Gasteiger partial charge in [-0.05, 0) is 17.7 Å². The third-order valence-electron chi connectivity index (χ3n) is 3.18. The van der Waals surface area contributed by atoms with Gasteiger partial charge in [-0.2, -0.15) is 0 Å². The topological polar surface area (TPSA) is 55.4 Å². The Bertz CT molecular complexity index is 665. The molecule has 1 aliphatic heterocycles. The van der Waals surface area contributed by atoms with Gasteiger partial charge in [0.2, 0.25) is 5.91 Å².